The molecule has 0 saturated carbocycles. The third kappa shape index (κ3) is 4.61. The van der Waals surface area contributed by atoms with Crippen LogP contribution in [0.2, 0.25) is 6.55 Å². The van der Waals surface area contributed by atoms with Crippen LogP contribution in [0.15, 0.2) is 0 Å². The van der Waals surface area contributed by atoms with Crippen molar-refractivity contribution in [2.75, 3.05) is 0 Å². The van der Waals surface area contributed by atoms with Crippen molar-refractivity contribution >= 4 is 26.9 Å². The van der Waals surface area contributed by atoms with Crippen molar-refractivity contribution in [3.63, 3.8) is 0 Å². The van der Waals surface area contributed by atoms with Crippen molar-refractivity contribution in [1.82, 2.24) is 0 Å². The molecular formula is CH10OSi3. The van der Waals surface area contributed by atoms with Crippen molar-refractivity contribution in [2.45, 2.75) is 6.55 Å². The molecule has 0 aliphatic carbocycles. The fourth-order valence-electron chi connectivity index (χ4n) is 0. The third-order valence-corrected chi connectivity index (χ3v) is 16.0. The van der Waals surface area contributed by atoms with E-state index in [2.05, 4.69) is 0 Å². The van der Waals surface area contributed by atoms with Crippen LogP contribution in [-0.2, 0) is 0 Å². The highest BCUT2D eigenvalue weighted by Gasteiger charge is 1.87. The molecule has 0 rings (SSSR count). The van der Waals surface area contributed by atoms with Gasteiger partial charge >= 0.3 is 0 Å². The van der Waals surface area contributed by atoms with Crippen molar-refractivity contribution in [1.29, 1.82) is 0 Å². The minimum absolute atomic E-state index is 0.182. The first-order valence-electron chi connectivity index (χ1n) is 1.95. The smallest absolute Gasteiger partial charge is 0.147 e. The largest absolute Gasteiger partial charge is 0.439 e. The lowest BCUT2D eigenvalue weighted by atomic mass is 11.9. The Morgan fingerprint density at radius 1 is 2.00 bits per heavy atom. The summed E-state index contributed by atoms with van der Waals surface area (Å²) in [6.07, 6.45) is 0. The van der Waals surface area contributed by atoms with Crippen LogP contribution in [0.4, 0.5) is 0 Å². The van der Waals surface area contributed by atoms with Gasteiger partial charge in [0.15, 0.2) is 0 Å². The molecule has 1 atom stereocenters. The first-order chi connectivity index (χ1) is 2.27. The van der Waals surface area contributed by atoms with Crippen LogP contribution in [0.1, 0.15) is 0 Å². The summed E-state index contributed by atoms with van der Waals surface area (Å²) in [5.41, 5.74) is 0. The second-order valence-corrected chi connectivity index (χ2v) is 17.1. The SMILES string of the molecule is C[SiH](O)[SiH2][SiH3]. The normalized spacial score (nSPS) is 18.0. The summed E-state index contributed by atoms with van der Waals surface area (Å²) in [6, 6.07) is 0. The Hall–Kier alpha value is 0.611. The molecule has 1 N–H and O–H groups in total. The monoisotopic (exact) mass is 122 g/mol. The van der Waals surface area contributed by atoms with Gasteiger partial charge in [0.1, 0.15) is 8.56 Å². The van der Waals surface area contributed by atoms with E-state index in [-0.39, 0.29) is 8.55 Å². The molecule has 0 aromatic heterocycles. The molecule has 0 aromatic rings. The minimum Gasteiger partial charge on any atom is -0.439 e. The maximum atomic E-state index is 8.60. The Morgan fingerprint density at radius 3 is 2.20 bits per heavy atom. The highest BCUT2D eigenvalue weighted by Crippen LogP contribution is 1.58. The average molecular weight is 122 g/mol. The number of hydrogen-bond donors (Lipinski definition) is 1. The van der Waals surface area contributed by atoms with E-state index in [1.54, 1.807) is 0 Å². The van der Waals surface area contributed by atoms with Gasteiger partial charge in [-0.15, -0.1) is 0 Å². The molecule has 0 amide bonds. The van der Waals surface area contributed by atoms with E-state index in [0.29, 0.717) is 0 Å². The highest BCUT2D eigenvalue weighted by molar-refractivity contribution is 7.28. The summed E-state index contributed by atoms with van der Waals surface area (Å²) in [7, 11) is 0.557. The molecule has 0 saturated heterocycles. The van der Waals surface area contributed by atoms with Crippen molar-refractivity contribution in [3.8, 4) is 0 Å². The van der Waals surface area contributed by atoms with Gasteiger partial charge in [-0.3, -0.25) is 0 Å². The lowest BCUT2D eigenvalue weighted by molar-refractivity contribution is 0.601. The average Bonchev–Trinajstić information content (AvgIpc) is 1.38. The van der Waals surface area contributed by atoms with Gasteiger partial charge in [0.2, 0.25) is 0 Å². The van der Waals surface area contributed by atoms with Gasteiger partial charge in [0, 0.05) is 8.55 Å². The van der Waals surface area contributed by atoms with Gasteiger partial charge in [-0.05, 0) is 9.76 Å². The number of hydrogen-bond acceptors (Lipinski definition) is 1. The van der Waals surface area contributed by atoms with Crippen molar-refractivity contribution in [3.05, 3.63) is 0 Å². The molecule has 0 fully saturated rings. The van der Waals surface area contributed by atoms with Gasteiger partial charge in [-0.2, -0.15) is 0 Å². The van der Waals surface area contributed by atoms with E-state index in [0.717, 1.165) is 0 Å². The Kier molecular flexibility index (Phi) is 3.17. The third-order valence-electron chi connectivity index (χ3n) is 0.591. The molecule has 0 aliphatic heterocycles. The van der Waals surface area contributed by atoms with Crippen LogP contribution in [0.5, 0.6) is 0 Å². The Labute approximate surface area is 39.0 Å². The lowest BCUT2D eigenvalue weighted by Gasteiger charge is -1.86. The summed E-state index contributed by atoms with van der Waals surface area (Å²) in [6.45, 7) is 2.01. The summed E-state index contributed by atoms with van der Waals surface area (Å²) < 4.78 is 0. The zero-order valence-electron chi connectivity index (χ0n) is 3.73. The molecule has 0 aliphatic rings. The molecule has 0 radical (unpaired) electrons. The second-order valence-electron chi connectivity index (χ2n) is 1.26. The maximum absolute atomic E-state index is 8.60. The molecule has 0 spiro atoms. The van der Waals surface area contributed by atoms with Crippen LogP contribution in [0.3, 0.4) is 0 Å². The highest BCUT2D eigenvalue weighted by atomic mass is 29.5. The second kappa shape index (κ2) is 2.83. The van der Waals surface area contributed by atoms with Gasteiger partial charge in [-0.25, -0.2) is 0 Å². The van der Waals surface area contributed by atoms with Gasteiger partial charge in [0.25, 0.3) is 0 Å². The Balaban J connectivity index is 2.54. The van der Waals surface area contributed by atoms with Crippen LogP contribution in [0, 0.1) is 0 Å². The first-order valence-corrected chi connectivity index (χ1v) is 12.5. The fourth-order valence-corrected chi connectivity index (χ4v) is 0. The molecule has 4 heteroatoms. The molecule has 0 bridgehead atoms. The molecule has 0 heterocycles. The van der Waals surface area contributed by atoms with Crippen molar-refractivity contribution in [2.24, 2.45) is 0 Å². The molecule has 1 unspecified atom stereocenters. The molecule has 32 valence electrons. The summed E-state index contributed by atoms with van der Waals surface area (Å²) in [5, 5.41) is 0. The lowest BCUT2D eigenvalue weighted by Crippen LogP contribution is -2.16. The Morgan fingerprint density at radius 2 is 2.20 bits per heavy atom. The maximum Gasteiger partial charge on any atom is 0.147 e. The van der Waals surface area contributed by atoms with Gasteiger partial charge in [-0.1, -0.05) is 6.55 Å². The van der Waals surface area contributed by atoms with Crippen LogP contribution in [-0.4, -0.2) is 31.7 Å². The number of rotatable bonds is 1. The summed E-state index contributed by atoms with van der Waals surface area (Å²) >= 11 is 0. The van der Waals surface area contributed by atoms with Crippen molar-refractivity contribution < 1.29 is 4.80 Å². The zero-order valence-corrected chi connectivity index (χ0v) is 8.30. The van der Waals surface area contributed by atoms with E-state index in [9.17, 15) is 0 Å². The van der Waals surface area contributed by atoms with E-state index in [1.165, 1.54) is 9.76 Å². The molecular weight excluding hydrogens is 112 g/mol. The molecule has 5 heavy (non-hydrogen) atoms. The van der Waals surface area contributed by atoms with Crippen LogP contribution < -0.4 is 0 Å². The Bertz CT molecular complexity index is 20.9. The van der Waals surface area contributed by atoms with E-state index >= 15 is 0 Å². The quantitative estimate of drug-likeness (QED) is 0.375. The predicted molar refractivity (Wildman–Crippen MR) is 33.7 cm³/mol. The van der Waals surface area contributed by atoms with Gasteiger partial charge < -0.3 is 4.80 Å². The zero-order chi connectivity index (χ0) is 4.28. The summed E-state index contributed by atoms with van der Waals surface area (Å²) in [5.74, 6) is 0. The summed E-state index contributed by atoms with van der Waals surface area (Å²) in [4.78, 5) is 8.60. The molecule has 0 aromatic carbocycles. The van der Waals surface area contributed by atoms with E-state index in [4.69, 9.17) is 4.80 Å². The van der Waals surface area contributed by atoms with E-state index < -0.39 is 8.56 Å². The van der Waals surface area contributed by atoms with Gasteiger partial charge in [0.05, 0.1) is 0 Å². The van der Waals surface area contributed by atoms with E-state index in [1.807, 2.05) is 6.55 Å². The standard InChI is InChI=1S/CH10OSi3/c1-5(2)4-3/h2,5H,4H2,1,3H3. The topological polar surface area (TPSA) is 20.2 Å². The van der Waals surface area contributed by atoms with Crippen LogP contribution in [0.25, 0.3) is 0 Å². The van der Waals surface area contributed by atoms with Crippen LogP contribution >= 0.6 is 0 Å². The first kappa shape index (κ1) is 5.61. The fraction of sp³-hybridized carbons (Fsp3) is 1.00. The molecule has 1 nitrogen and oxygen atoms in total. The minimum atomic E-state index is -0.949. The predicted octanol–water partition coefficient (Wildman–Crippen LogP) is -2.72.